The van der Waals surface area contributed by atoms with Crippen LogP contribution < -0.4 is 4.74 Å². The molecule has 5 atom stereocenters. The Labute approximate surface area is 175 Å². The first-order valence-corrected chi connectivity index (χ1v) is 10.7. The SMILES string of the molecule is O=C(COC(=O)[C@@H]1[C@@H]2C[C@@H]3[C@H]1C(=O)O[C@H]3C2)c1ccc(OC(=O)c2cccs2)cc1. The van der Waals surface area contributed by atoms with Crippen LogP contribution in [0.4, 0.5) is 0 Å². The van der Waals surface area contributed by atoms with Gasteiger partial charge in [-0.3, -0.25) is 14.4 Å². The van der Waals surface area contributed by atoms with Crippen LogP contribution in [0.5, 0.6) is 5.75 Å². The van der Waals surface area contributed by atoms with Crippen molar-refractivity contribution in [3.8, 4) is 5.75 Å². The van der Waals surface area contributed by atoms with Crippen LogP contribution in [0, 0.1) is 23.7 Å². The first-order valence-electron chi connectivity index (χ1n) is 9.77. The summed E-state index contributed by atoms with van der Waals surface area (Å²) < 4.78 is 15.8. The molecule has 154 valence electrons. The van der Waals surface area contributed by atoms with Crippen molar-refractivity contribution < 1.29 is 33.4 Å². The first-order chi connectivity index (χ1) is 14.5. The Hall–Kier alpha value is -3.00. The second-order valence-electron chi connectivity index (χ2n) is 7.84. The second-order valence-corrected chi connectivity index (χ2v) is 8.79. The van der Waals surface area contributed by atoms with E-state index in [9.17, 15) is 19.2 Å². The van der Waals surface area contributed by atoms with Gasteiger partial charge in [0.05, 0.1) is 11.8 Å². The van der Waals surface area contributed by atoms with Crippen molar-refractivity contribution in [1.82, 2.24) is 0 Å². The van der Waals surface area contributed by atoms with Crippen molar-refractivity contribution in [2.24, 2.45) is 23.7 Å². The molecule has 1 aromatic carbocycles. The number of fused-ring (bicyclic) bond motifs is 1. The topological polar surface area (TPSA) is 96.0 Å². The lowest BCUT2D eigenvalue weighted by atomic mass is 9.80. The number of esters is 3. The van der Waals surface area contributed by atoms with Gasteiger partial charge >= 0.3 is 17.9 Å². The van der Waals surface area contributed by atoms with Crippen molar-refractivity contribution in [3.63, 3.8) is 0 Å². The van der Waals surface area contributed by atoms with Crippen LogP contribution >= 0.6 is 11.3 Å². The van der Waals surface area contributed by atoms with Crippen LogP contribution in [0.3, 0.4) is 0 Å². The highest BCUT2D eigenvalue weighted by Crippen LogP contribution is 2.57. The van der Waals surface area contributed by atoms with Crippen molar-refractivity contribution in [1.29, 1.82) is 0 Å². The summed E-state index contributed by atoms with van der Waals surface area (Å²) in [6.07, 6.45) is 1.46. The lowest BCUT2D eigenvalue weighted by molar-refractivity contribution is -0.154. The molecule has 0 N–H and O–H groups in total. The van der Waals surface area contributed by atoms with Crippen LogP contribution in [-0.2, 0) is 19.1 Å². The van der Waals surface area contributed by atoms with Gasteiger partial charge in [-0.15, -0.1) is 11.3 Å². The fourth-order valence-corrected chi connectivity index (χ4v) is 5.50. The molecule has 3 fully saturated rings. The minimum atomic E-state index is -0.506. The van der Waals surface area contributed by atoms with Gasteiger partial charge in [0, 0.05) is 11.5 Å². The van der Waals surface area contributed by atoms with E-state index in [-0.39, 0.29) is 29.7 Å². The van der Waals surface area contributed by atoms with Gasteiger partial charge in [0.25, 0.3) is 0 Å². The molecule has 5 rings (SSSR count). The predicted molar refractivity (Wildman–Crippen MR) is 104 cm³/mol. The number of thiophene rings is 1. The Balaban J connectivity index is 1.16. The van der Waals surface area contributed by atoms with E-state index < -0.39 is 30.4 Å². The Kier molecular flexibility index (Phi) is 4.66. The van der Waals surface area contributed by atoms with Crippen LogP contribution in [-0.4, -0.2) is 36.4 Å². The maximum absolute atomic E-state index is 12.6. The van der Waals surface area contributed by atoms with E-state index in [1.54, 1.807) is 17.5 Å². The number of carbonyl (C=O) groups excluding carboxylic acids is 4. The molecule has 3 aliphatic rings. The molecule has 2 aliphatic carbocycles. The smallest absolute Gasteiger partial charge is 0.353 e. The third kappa shape index (κ3) is 3.21. The van der Waals surface area contributed by atoms with Gasteiger partial charge in [0.15, 0.2) is 12.4 Å². The normalized spacial score (nSPS) is 28.3. The quantitative estimate of drug-likeness (QED) is 0.398. The average Bonchev–Trinajstić information content (AvgIpc) is 3.49. The van der Waals surface area contributed by atoms with Gasteiger partial charge in [0.2, 0.25) is 0 Å². The Morgan fingerprint density at radius 2 is 1.90 bits per heavy atom. The Morgan fingerprint density at radius 3 is 2.63 bits per heavy atom. The summed E-state index contributed by atoms with van der Waals surface area (Å²) >= 11 is 1.28. The number of ether oxygens (including phenoxy) is 3. The van der Waals surface area contributed by atoms with Crippen LogP contribution in [0.1, 0.15) is 32.9 Å². The Bertz CT molecular complexity index is 1010. The molecule has 0 amide bonds. The van der Waals surface area contributed by atoms with Gasteiger partial charge < -0.3 is 14.2 Å². The zero-order valence-electron chi connectivity index (χ0n) is 15.8. The van der Waals surface area contributed by atoms with Crippen molar-refractivity contribution >= 4 is 35.0 Å². The molecule has 7 nitrogen and oxygen atoms in total. The van der Waals surface area contributed by atoms with Crippen LogP contribution in [0.25, 0.3) is 0 Å². The molecule has 0 spiro atoms. The van der Waals surface area contributed by atoms with E-state index in [2.05, 4.69) is 0 Å². The molecule has 1 aliphatic heterocycles. The fourth-order valence-electron chi connectivity index (χ4n) is 4.90. The first kappa shape index (κ1) is 19.0. The molecule has 2 saturated carbocycles. The molecule has 2 heterocycles. The van der Waals surface area contributed by atoms with Gasteiger partial charge in [-0.1, -0.05) is 6.07 Å². The van der Waals surface area contributed by atoms with E-state index in [1.807, 2.05) is 0 Å². The maximum atomic E-state index is 12.6. The highest BCUT2D eigenvalue weighted by atomic mass is 32.1. The summed E-state index contributed by atoms with van der Waals surface area (Å²) in [5, 5.41) is 1.78. The number of benzene rings is 1. The molecule has 0 unspecified atom stereocenters. The summed E-state index contributed by atoms with van der Waals surface area (Å²) in [7, 11) is 0. The third-order valence-electron chi connectivity index (χ3n) is 6.21. The average molecular weight is 426 g/mol. The lowest BCUT2D eigenvalue weighted by Gasteiger charge is -2.22. The van der Waals surface area contributed by atoms with E-state index in [4.69, 9.17) is 14.2 Å². The third-order valence-corrected chi connectivity index (χ3v) is 7.06. The zero-order valence-corrected chi connectivity index (χ0v) is 16.6. The molecule has 1 saturated heterocycles. The summed E-state index contributed by atoms with van der Waals surface area (Å²) in [5.74, 6) is -2.05. The van der Waals surface area contributed by atoms with E-state index in [1.165, 1.54) is 35.6 Å². The number of rotatable bonds is 6. The van der Waals surface area contributed by atoms with Gasteiger partial charge in [0.1, 0.15) is 16.7 Å². The molecule has 1 aromatic heterocycles. The van der Waals surface area contributed by atoms with Crippen LogP contribution in [0.2, 0.25) is 0 Å². The summed E-state index contributed by atoms with van der Waals surface area (Å²) in [4.78, 5) is 49.4. The molecule has 30 heavy (non-hydrogen) atoms. The Morgan fingerprint density at radius 1 is 1.10 bits per heavy atom. The number of ketones is 1. The monoisotopic (exact) mass is 426 g/mol. The molecule has 0 radical (unpaired) electrons. The fraction of sp³-hybridized carbons (Fsp3) is 0.364. The molecule has 8 heteroatoms. The number of hydrogen-bond acceptors (Lipinski definition) is 8. The number of carbonyl (C=O) groups is 4. The largest absolute Gasteiger partial charge is 0.462 e. The minimum Gasteiger partial charge on any atom is -0.462 e. The standard InChI is InChI=1S/C22H18O7S/c23-15(11-3-5-13(6-4-11)28-20(24)17-2-1-7-30-17)10-27-21(25)18-12-8-14-16(9-12)29-22(26)19(14)18/h1-7,12,14,16,18-19H,8-10H2/t12-,14+,16+,18-,19-/m1/s1. The number of Topliss-reactive ketones (excluding diaryl/α,β-unsaturated/α-hetero) is 1. The van der Waals surface area contributed by atoms with Crippen molar-refractivity contribution in [2.75, 3.05) is 6.61 Å². The van der Waals surface area contributed by atoms with Gasteiger partial charge in [-0.05, 0) is 54.5 Å². The summed E-state index contributed by atoms with van der Waals surface area (Å²) in [6.45, 7) is -0.397. The minimum absolute atomic E-state index is 0.0504. The lowest BCUT2D eigenvalue weighted by Crippen LogP contribution is -2.34. The summed E-state index contributed by atoms with van der Waals surface area (Å²) in [5.41, 5.74) is 0.340. The van der Waals surface area contributed by atoms with Crippen molar-refractivity contribution in [2.45, 2.75) is 18.9 Å². The van der Waals surface area contributed by atoms with E-state index >= 15 is 0 Å². The van der Waals surface area contributed by atoms with Gasteiger partial charge in [-0.25, -0.2) is 4.79 Å². The zero-order chi connectivity index (χ0) is 20.8. The van der Waals surface area contributed by atoms with Crippen LogP contribution in [0.15, 0.2) is 41.8 Å². The second kappa shape index (κ2) is 7.36. The molecular formula is C22H18O7S. The van der Waals surface area contributed by atoms with E-state index in [0.29, 0.717) is 22.6 Å². The summed E-state index contributed by atoms with van der Waals surface area (Å²) in [6, 6.07) is 9.50. The van der Waals surface area contributed by atoms with E-state index in [0.717, 1.165) is 6.42 Å². The van der Waals surface area contributed by atoms with Crippen molar-refractivity contribution in [3.05, 3.63) is 52.2 Å². The van der Waals surface area contributed by atoms with Gasteiger partial charge in [-0.2, -0.15) is 0 Å². The highest BCUT2D eigenvalue weighted by molar-refractivity contribution is 7.12. The highest BCUT2D eigenvalue weighted by Gasteiger charge is 2.64. The molecule has 2 aromatic rings. The maximum Gasteiger partial charge on any atom is 0.353 e. The molecular weight excluding hydrogens is 408 g/mol. The number of hydrogen-bond donors (Lipinski definition) is 0. The molecule has 2 bridgehead atoms. The predicted octanol–water partition coefficient (Wildman–Crippen LogP) is 2.89.